The first kappa shape index (κ1) is 14.7. The molecule has 0 aliphatic carbocycles. The van der Waals surface area contributed by atoms with Gasteiger partial charge in [0, 0.05) is 18.6 Å². The van der Waals surface area contributed by atoms with Gasteiger partial charge < -0.3 is 10.2 Å². The fraction of sp³-hybridized carbons (Fsp3) is 0.533. The van der Waals surface area contributed by atoms with Crippen molar-refractivity contribution in [1.82, 2.24) is 10.2 Å². The van der Waals surface area contributed by atoms with E-state index in [0.29, 0.717) is 0 Å². The van der Waals surface area contributed by atoms with Crippen LogP contribution in [0.1, 0.15) is 30.5 Å². The summed E-state index contributed by atoms with van der Waals surface area (Å²) in [5.74, 6) is 0. The molecule has 18 heavy (non-hydrogen) atoms. The topological polar surface area (TPSA) is 39.1 Å². The summed E-state index contributed by atoms with van der Waals surface area (Å²) in [6, 6.07) is 8.01. The van der Waals surface area contributed by atoms with E-state index >= 15 is 0 Å². The minimum atomic E-state index is 0.139. The van der Waals surface area contributed by atoms with Gasteiger partial charge in [0.2, 0.25) is 0 Å². The predicted molar refractivity (Wildman–Crippen MR) is 75.4 cm³/mol. The van der Waals surface area contributed by atoms with Crippen molar-refractivity contribution < 1.29 is 0 Å². The van der Waals surface area contributed by atoms with Crippen molar-refractivity contribution in [1.29, 1.82) is 5.26 Å². The Hall–Kier alpha value is -1.37. The minimum absolute atomic E-state index is 0.139. The number of hydrogen-bond acceptors (Lipinski definition) is 3. The molecule has 0 unspecified atom stereocenters. The van der Waals surface area contributed by atoms with Gasteiger partial charge in [-0.2, -0.15) is 5.26 Å². The van der Waals surface area contributed by atoms with Gasteiger partial charge in [0.15, 0.2) is 0 Å². The minimum Gasteiger partial charge on any atom is -0.311 e. The largest absolute Gasteiger partial charge is 0.311 e. The lowest BCUT2D eigenvalue weighted by Crippen LogP contribution is -2.46. The Kier molecular flexibility index (Phi) is 4.89. The van der Waals surface area contributed by atoms with Crippen LogP contribution in [0.25, 0.3) is 0 Å². The van der Waals surface area contributed by atoms with E-state index in [2.05, 4.69) is 51.2 Å². The number of aryl methyl sites for hydroxylation is 1. The van der Waals surface area contributed by atoms with Gasteiger partial charge in [-0.15, -0.1) is 0 Å². The first-order valence-corrected chi connectivity index (χ1v) is 6.24. The highest BCUT2D eigenvalue weighted by atomic mass is 15.2. The molecule has 0 aromatic heterocycles. The lowest BCUT2D eigenvalue weighted by Gasteiger charge is -2.32. The number of nitrogens with one attached hydrogen (secondary N) is 1. The van der Waals surface area contributed by atoms with Crippen LogP contribution in [0.5, 0.6) is 0 Å². The van der Waals surface area contributed by atoms with Crippen LogP contribution < -0.4 is 5.32 Å². The van der Waals surface area contributed by atoms with Crippen molar-refractivity contribution in [2.45, 2.75) is 32.9 Å². The molecule has 1 rings (SSSR count). The third-order valence-corrected chi connectivity index (χ3v) is 3.56. The normalized spacial score (nSPS) is 11.6. The number of hydrogen-bond donors (Lipinski definition) is 1. The third-order valence-electron chi connectivity index (χ3n) is 3.56. The van der Waals surface area contributed by atoms with Crippen molar-refractivity contribution in [3.05, 3.63) is 34.9 Å². The standard InChI is InChI=1S/C15H23N3/c1-12-8-13(9-16)6-7-14(12)10-17-11-15(2,3)18(4)5/h6-8,17H,10-11H2,1-5H3. The number of rotatable bonds is 5. The fourth-order valence-electron chi connectivity index (χ4n) is 1.62. The van der Waals surface area contributed by atoms with Crippen molar-refractivity contribution in [2.75, 3.05) is 20.6 Å². The van der Waals surface area contributed by atoms with Crippen LogP contribution in [0.3, 0.4) is 0 Å². The third kappa shape index (κ3) is 3.83. The second-order valence-corrected chi connectivity index (χ2v) is 5.56. The molecule has 1 aromatic rings. The first-order chi connectivity index (χ1) is 8.36. The van der Waals surface area contributed by atoms with Crippen molar-refractivity contribution in [3.63, 3.8) is 0 Å². The van der Waals surface area contributed by atoms with Gasteiger partial charge in [0.1, 0.15) is 0 Å². The monoisotopic (exact) mass is 245 g/mol. The Morgan fingerprint density at radius 3 is 2.50 bits per heavy atom. The highest BCUT2D eigenvalue weighted by Crippen LogP contribution is 2.12. The molecule has 0 saturated carbocycles. The maximum absolute atomic E-state index is 8.83. The van der Waals surface area contributed by atoms with Crippen LogP contribution in [0.2, 0.25) is 0 Å². The number of nitrogens with zero attached hydrogens (tertiary/aromatic N) is 2. The molecule has 0 radical (unpaired) electrons. The van der Waals surface area contributed by atoms with Gasteiger partial charge in [-0.1, -0.05) is 6.07 Å². The SMILES string of the molecule is Cc1cc(C#N)ccc1CNCC(C)(C)N(C)C. The zero-order valence-corrected chi connectivity index (χ0v) is 12.0. The Morgan fingerprint density at radius 2 is 2.00 bits per heavy atom. The molecule has 98 valence electrons. The van der Waals surface area contributed by atoms with E-state index in [1.54, 1.807) is 0 Å². The van der Waals surface area contributed by atoms with E-state index in [0.717, 1.165) is 18.7 Å². The zero-order valence-electron chi connectivity index (χ0n) is 12.0. The van der Waals surface area contributed by atoms with Gasteiger partial charge in [-0.05, 0) is 58.1 Å². The summed E-state index contributed by atoms with van der Waals surface area (Å²) in [6.07, 6.45) is 0. The van der Waals surface area contributed by atoms with Crippen LogP contribution in [0.15, 0.2) is 18.2 Å². The Bertz CT molecular complexity index is 442. The highest BCUT2D eigenvalue weighted by Gasteiger charge is 2.19. The molecular formula is C15H23N3. The summed E-state index contributed by atoms with van der Waals surface area (Å²) in [5, 5.41) is 12.3. The Morgan fingerprint density at radius 1 is 1.33 bits per heavy atom. The van der Waals surface area contributed by atoms with Crippen LogP contribution in [0, 0.1) is 18.3 Å². The van der Waals surface area contributed by atoms with Gasteiger partial charge in [-0.25, -0.2) is 0 Å². The summed E-state index contributed by atoms with van der Waals surface area (Å²) in [5.41, 5.74) is 3.29. The van der Waals surface area contributed by atoms with E-state index in [1.807, 2.05) is 18.2 Å². The van der Waals surface area contributed by atoms with Crippen LogP contribution >= 0.6 is 0 Å². The van der Waals surface area contributed by atoms with E-state index < -0.39 is 0 Å². The summed E-state index contributed by atoms with van der Waals surface area (Å²) in [4.78, 5) is 2.21. The van der Waals surface area contributed by atoms with E-state index in [1.165, 1.54) is 11.1 Å². The molecule has 0 bridgehead atoms. The molecule has 0 aliphatic rings. The molecular weight excluding hydrogens is 222 g/mol. The first-order valence-electron chi connectivity index (χ1n) is 6.24. The van der Waals surface area contributed by atoms with Crippen LogP contribution in [0.4, 0.5) is 0 Å². The molecule has 0 amide bonds. The summed E-state index contributed by atoms with van der Waals surface area (Å²) in [6.45, 7) is 8.25. The van der Waals surface area contributed by atoms with E-state index in [-0.39, 0.29) is 5.54 Å². The summed E-state index contributed by atoms with van der Waals surface area (Å²) in [7, 11) is 4.18. The second-order valence-electron chi connectivity index (χ2n) is 5.56. The van der Waals surface area contributed by atoms with Gasteiger partial charge in [0.05, 0.1) is 11.6 Å². The molecule has 3 nitrogen and oxygen atoms in total. The maximum Gasteiger partial charge on any atom is 0.0991 e. The van der Waals surface area contributed by atoms with Crippen molar-refractivity contribution in [2.24, 2.45) is 0 Å². The number of nitriles is 1. The van der Waals surface area contributed by atoms with Crippen LogP contribution in [-0.2, 0) is 6.54 Å². The van der Waals surface area contributed by atoms with Gasteiger partial charge in [0.25, 0.3) is 0 Å². The van der Waals surface area contributed by atoms with E-state index in [9.17, 15) is 0 Å². The molecule has 0 aliphatic heterocycles. The van der Waals surface area contributed by atoms with Crippen molar-refractivity contribution in [3.8, 4) is 6.07 Å². The molecule has 0 atom stereocenters. The smallest absolute Gasteiger partial charge is 0.0991 e. The quantitative estimate of drug-likeness (QED) is 0.865. The lowest BCUT2D eigenvalue weighted by atomic mass is 10.0. The highest BCUT2D eigenvalue weighted by molar-refractivity contribution is 5.37. The Labute approximate surface area is 110 Å². The average Bonchev–Trinajstić information content (AvgIpc) is 2.30. The van der Waals surface area contributed by atoms with Crippen molar-refractivity contribution >= 4 is 0 Å². The molecule has 0 saturated heterocycles. The van der Waals surface area contributed by atoms with Gasteiger partial charge >= 0.3 is 0 Å². The van der Waals surface area contributed by atoms with Crippen LogP contribution in [-0.4, -0.2) is 31.1 Å². The predicted octanol–water partition coefficient (Wildman–Crippen LogP) is 2.30. The second kappa shape index (κ2) is 5.99. The lowest BCUT2D eigenvalue weighted by molar-refractivity contribution is 0.189. The molecule has 1 N–H and O–H groups in total. The van der Waals surface area contributed by atoms with E-state index in [4.69, 9.17) is 5.26 Å². The number of benzene rings is 1. The summed E-state index contributed by atoms with van der Waals surface area (Å²) < 4.78 is 0. The molecule has 3 heteroatoms. The molecule has 0 fully saturated rings. The molecule has 0 spiro atoms. The Balaban J connectivity index is 2.58. The molecule has 0 heterocycles. The summed E-state index contributed by atoms with van der Waals surface area (Å²) >= 11 is 0. The fourth-order valence-corrected chi connectivity index (χ4v) is 1.62. The molecule has 1 aromatic carbocycles. The maximum atomic E-state index is 8.83. The van der Waals surface area contributed by atoms with Gasteiger partial charge in [-0.3, -0.25) is 0 Å². The number of likely N-dealkylation sites (N-methyl/N-ethyl adjacent to an activating group) is 1. The zero-order chi connectivity index (χ0) is 13.8. The average molecular weight is 245 g/mol.